The van der Waals surface area contributed by atoms with E-state index < -0.39 is 41.6 Å². The summed E-state index contributed by atoms with van der Waals surface area (Å²) < 4.78 is 74.6. The van der Waals surface area contributed by atoms with Gasteiger partial charge in [-0.25, -0.2) is 0 Å². The van der Waals surface area contributed by atoms with E-state index in [0.29, 0.717) is 6.08 Å². The van der Waals surface area contributed by atoms with Gasteiger partial charge in [-0.2, -0.15) is 26.3 Å². The maximum atomic E-state index is 12.4. The highest BCUT2D eigenvalue weighted by atomic mass is 19.4. The summed E-state index contributed by atoms with van der Waals surface area (Å²) >= 11 is 0. The maximum absolute atomic E-state index is 12.4. The summed E-state index contributed by atoms with van der Waals surface area (Å²) in [5, 5.41) is 18.3. The van der Waals surface area contributed by atoms with Gasteiger partial charge in [0.15, 0.2) is 5.79 Å². The molecule has 0 radical (unpaired) electrons. The molecule has 0 aromatic heterocycles. The van der Waals surface area contributed by atoms with Gasteiger partial charge < -0.3 is 10.2 Å². The molecule has 0 heterocycles. The summed E-state index contributed by atoms with van der Waals surface area (Å²) in [7, 11) is 0. The molecule has 1 atom stereocenters. The van der Waals surface area contributed by atoms with Crippen molar-refractivity contribution in [3.05, 3.63) is 23.3 Å². The first-order chi connectivity index (χ1) is 7.82. The normalized spacial score (nSPS) is 22.6. The molecular weight excluding hydrogens is 266 g/mol. The van der Waals surface area contributed by atoms with Gasteiger partial charge in [-0.15, -0.1) is 0 Å². The molecular formula is C10H10F6O2. The summed E-state index contributed by atoms with van der Waals surface area (Å²) in [5.74, 6) is -4.32. The molecule has 0 saturated carbocycles. The lowest BCUT2D eigenvalue weighted by atomic mass is 9.85. The van der Waals surface area contributed by atoms with Crippen molar-refractivity contribution in [1.29, 1.82) is 0 Å². The second-order valence-electron chi connectivity index (χ2n) is 4.19. The van der Waals surface area contributed by atoms with Crippen molar-refractivity contribution in [1.82, 2.24) is 0 Å². The van der Waals surface area contributed by atoms with Crippen molar-refractivity contribution < 1.29 is 36.6 Å². The van der Waals surface area contributed by atoms with Crippen LogP contribution < -0.4 is 0 Å². The van der Waals surface area contributed by atoms with Crippen molar-refractivity contribution in [2.45, 2.75) is 31.5 Å². The Morgan fingerprint density at radius 2 is 1.56 bits per heavy atom. The Kier molecular flexibility index (Phi) is 3.57. The second kappa shape index (κ2) is 4.27. The summed E-state index contributed by atoms with van der Waals surface area (Å²) in [6, 6.07) is 0. The Bertz CT molecular complexity index is 383. The van der Waals surface area contributed by atoms with Crippen LogP contribution >= 0.6 is 0 Å². The molecule has 0 amide bonds. The average molecular weight is 276 g/mol. The van der Waals surface area contributed by atoms with Crippen LogP contribution in [0.4, 0.5) is 26.3 Å². The van der Waals surface area contributed by atoms with E-state index in [1.807, 2.05) is 0 Å². The van der Waals surface area contributed by atoms with E-state index in [2.05, 4.69) is 0 Å². The van der Waals surface area contributed by atoms with E-state index in [1.54, 1.807) is 0 Å². The topological polar surface area (TPSA) is 40.5 Å². The fourth-order valence-electron chi connectivity index (χ4n) is 1.53. The number of allylic oxidation sites excluding steroid dienone is 3. The van der Waals surface area contributed by atoms with Crippen LogP contribution in [0, 0.1) is 5.92 Å². The van der Waals surface area contributed by atoms with Gasteiger partial charge in [0.25, 0.3) is 0 Å². The van der Waals surface area contributed by atoms with E-state index in [4.69, 9.17) is 10.2 Å². The Balaban J connectivity index is 3.21. The second-order valence-corrected chi connectivity index (χ2v) is 4.19. The molecule has 1 aliphatic rings. The Hall–Kier alpha value is -1.02. The zero-order valence-electron chi connectivity index (χ0n) is 9.10. The van der Waals surface area contributed by atoms with Gasteiger partial charge in [-0.3, -0.25) is 0 Å². The molecule has 2 N–H and O–H groups in total. The SMILES string of the molecule is CC(O)(O)C1C=C(C(F)(F)F)C=C(C(F)(F)F)C1. The molecule has 1 unspecified atom stereocenters. The Morgan fingerprint density at radius 1 is 1.06 bits per heavy atom. The molecule has 2 nitrogen and oxygen atoms in total. The minimum atomic E-state index is -4.97. The van der Waals surface area contributed by atoms with Gasteiger partial charge in [0, 0.05) is 11.5 Å². The van der Waals surface area contributed by atoms with E-state index in [-0.39, 0.29) is 6.08 Å². The van der Waals surface area contributed by atoms with Gasteiger partial charge in [-0.05, 0) is 19.4 Å². The lowest BCUT2D eigenvalue weighted by Crippen LogP contribution is -2.37. The van der Waals surface area contributed by atoms with Crippen molar-refractivity contribution in [2.75, 3.05) is 0 Å². The molecule has 0 spiro atoms. The molecule has 18 heavy (non-hydrogen) atoms. The molecule has 8 heteroatoms. The highest BCUT2D eigenvalue weighted by molar-refractivity contribution is 5.35. The monoisotopic (exact) mass is 276 g/mol. The predicted molar refractivity (Wildman–Crippen MR) is 49.2 cm³/mol. The number of hydrogen-bond donors (Lipinski definition) is 2. The molecule has 0 aromatic carbocycles. The van der Waals surface area contributed by atoms with Crippen molar-refractivity contribution in [2.24, 2.45) is 5.92 Å². The molecule has 1 aliphatic carbocycles. The Labute approximate surface area is 98.2 Å². The number of alkyl halides is 6. The molecule has 0 fully saturated rings. The van der Waals surface area contributed by atoms with Gasteiger partial charge in [-0.1, -0.05) is 6.08 Å². The largest absolute Gasteiger partial charge is 0.416 e. The van der Waals surface area contributed by atoms with Crippen LogP contribution in [0.5, 0.6) is 0 Å². The molecule has 0 saturated heterocycles. The van der Waals surface area contributed by atoms with Crippen LogP contribution in [0.15, 0.2) is 23.3 Å². The standard InChI is InChI=1S/C10H10F6O2/c1-8(17,18)5-2-6(9(11,12)13)4-7(3-5)10(14,15)16/h2,4-5,17-18H,3H2,1H3. The van der Waals surface area contributed by atoms with Gasteiger partial charge in [0.1, 0.15) is 0 Å². The molecule has 104 valence electrons. The van der Waals surface area contributed by atoms with Crippen LogP contribution in [0.25, 0.3) is 0 Å². The van der Waals surface area contributed by atoms with Crippen molar-refractivity contribution in [3.63, 3.8) is 0 Å². The smallest absolute Gasteiger partial charge is 0.365 e. The minimum absolute atomic E-state index is 0.0117. The zero-order valence-corrected chi connectivity index (χ0v) is 9.10. The third kappa shape index (κ3) is 3.49. The van der Waals surface area contributed by atoms with E-state index in [1.165, 1.54) is 0 Å². The number of rotatable bonds is 1. The molecule has 0 bridgehead atoms. The van der Waals surface area contributed by atoms with Crippen LogP contribution in [0.1, 0.15) is 13.3 Å². The fourth-order valence-corrected chi connectivity index (χ4v) is 1.53. The highest BCUT2D eigenvalue weighted by Crippen LogP contribution is 2.42. The zero-order chi connectivity index (χ0) is 14.4. The molecule has 0 aromatic rings. The van der Waals surface area contributed by atoms with Crippen LogP contribution in [-0.2, 0) is 0 Å². The number of halogens is 6. The summed E-state index contributed by atoms with van der Waals surface area (Å²) in [6.07, 6.45) is -10.4. The van der Waals surface area contributed by atoms with Crippen LogP contribution in [0.3, 0.4) is 0 Å². The van der Waals surface area contributed by atoms with Crippen LogP contribution in [0.2, 0.25) is 0 Å². The summed E-state index contributed by atoms with van der Waals surface area (Å²) in [4.78, 5) is 0. The van der Waals surface area contributed by atoms with E-state index in [9.17, 15) is 26.3 Å². The average Bonchev–Trinajstić information content (AvgIpc) is 2.13. The Morgan fingerprint density at radius 3 is 1.89 bits per heavy atom. The van der Waals surface area contributed by atoms with E-state index >= 15 is 0 Å². The first-order valence-corrected chi connectivity index (χ1v) is 4.83. The summed E-state index contributed by atoms with van der Waals surface area (Å²) in [6.45, 7) is 0.738. The lowest BCUT2D eigenvalue weighted by molar-refractivity contribution is -0.177. The fraction of sp³-hybridized carbons (Fsp3) is 0.600. The summed E-state index contributed by atoms with van der Waals surface area (Å²) in [5.41, 5.74) is -2.96. The first kappa shape index (κ1) is 15.0. The van der Waals surface area contributed by atoms with Gasteiger partial charge >= 0.3 is 12.4 Å². The third-order valence-corrected chi connectivity index (χ3v) is 2.54. The van der Waals surface area contributed by atoms with E-state index in [0.717, 1.165) is 6.92 Å². The predicted octanol–water partition coefficient (Wildman–Crippen LogP) is 2.68. The van der Waals surface area contributed by atoms with Gasteiger partial charge in [0.05, 0.1) is 5.57 Å². The van der Waals surface area contributed by atoms with Crippen LogP contribution in [-0.4, -0.2) is 28.4 Å². The quantitative estimate of drug-likeness (QED) is 0.571. The third-order valence-electron chi connectivity index (χ3n) is 2.54. The molecule has 1 rings (SSSR count). The lowest BCUT2D eigenvalue weighted by Gasteiger charge is -2.30. The first-order valence-electron chi connectivity index (χ1n) is 4.83. The number of aliphatic hydroxyl groups is 2. The van der Waals surface area contributed by atoms with Crippen molar-refractivity contribution >= 4 is 0 Å². The number of hydrogen-bond acceptors (Lipinski definition) is 2. The maximum Gasteiger partial charge on any atom is 0.416 e. The minimum Gasteiger partial charge on any atom is -0.365 e. The van der Waals surface area contributed by atoms with Gasteiger partial charge in [0.2, 0.25) is 0 Å². The van der Waals surface area contributed by atoms with Crippen molar-refractivity contribution in [3.8, 4) is 0 Å². The highest BCUT2D eigenvalue weighted by Gasteiger charge is 2.44. The molecule has 0 aliphatic heterocycles.